The maximum absolute atomic E-state index is 13.7. The number of aliphatic hydroxyl groups is 2. The molecule has 0 saturated carbocycles. The Balaban J connectivity index is 1.13. The van der Waals surface area contributed by atoms with Crippen molar-refractivity contribution in [2.45, 2.75) is 27.7 Å². The number of benzene rings is 5. The van der Waals surface area contributed by atoms with E-state index in [2.05, 4.69) is 0 Å². The molecule has 0 saturated heterocycles. The van der Waals surface area contributed by atoms with Gasteiger partial charge in [-0.3, -0.25) is 4.79 Å². The summed E-state index contributed by atoms with van der Waals surface area (Å²) >= 11 is 0. The van der Waals surface area contributed by atoms with Crippen molar-refractivity contribution in [3.8, 4) is 34.5 Å². The van der Waals surface area contributed by atoms with E-state index in [9.17, 15) is 30.3 Å². The highest BCUT2D eigenvalue weighted by atomic mass is 16.5. The summed E-state index contributed by atoms with van der Waals surface area (Å²) in [5.74, 6) is -1.42. The maximum atomic E-state index is 13.7. The smallest absolute Gasteiger partial charge is 0.254 e. The van der Waals surface area contributed by atoms with E-state index in [4.69, 9.17) is 9.47 Å². The molecule has 5 aromatic carbocycles. The molecule has 2 heterocycles. The molecule has 0 spiro atoms. The third-order valence-electron chi connectivity index (χ3n) is 9.95. The number of Topliss-reactive ketones (excluding diaryl/α,β-unsaturated/α-hetero) is 1. The Hall–Kier alpha value is -7.20. The van der Waals surface area contributed by atoms with Gasteiger partial charge in [-0.25, -0.2) is 0 Å². The Labute approximate surface area is 309 Å². The van der Waals surface area contributed by atoms with Crippen molar-refractivity contribution in [3.05, 3.63) is 153 Å². The number of aliphatic hydroxyl groups excluding tert-OH is 2. The first kappa shape index (κ1) is 32.7. The molecule has 0 aromatic heterocycles. The number of phenols is 2. The Bertz CT molecular complexity index is 2580. The van der Waals surface area contributed by atoms with E-state index in [0.717, 1.165) is 22.3 Å². The monoisotopic (exact) mass is 716 g/mol. The van der Waals surface area contributed by atoms with Gasteiger partial charge in [0, 0.05) is 35.4 Å². The topological polar surface area (TPSA) is 146 Å². The zero-order valence-corrected chi connectivity index (χ0v) is 29.6. The van der Waals surface area contributed by atoms with E-state index in [1.807, 2.05) is 110 Å². The first-order valence-corrected chi connectivity index (χ1v) is 17.2. The summed E-state index contributed by atoms with van der Waals surface area (Å²) in [4.78, 5) is 15.6. The summed E-state index contributed by atoms with van der Waals surface area (Å²) in [5.41, 5.74) is 5.64. The number of ketones is 1. The van der Waals surface area contributed by atoms with Crippen molar-refractivity contribution in [2.75, 3.05) is 4.90 Å². The van der Waals surface area contributed by atoms with Gasteiger partial charge in [0.2, 0.25) is 5.71 Å². The average molecular weight is 717 g/mol. The molecule has 0 amide bonds. The average Bonchev–Trinajstić information content (AvgIpc) is 3.12. The van der Waals surface area contributed by atoms with Crippen molar-refractivity contribution in [1.29, 1.82) is 0 Å². The van der Waals surface area contributed by atoms with Crippen LogP contribution < -0.4 is 24.1 Å². The molecular formula is C44H32N2O8. The molecule has 4 N–H and O–H groups in total. The van der Waals surface area contributed by atoms with Crippen LogP contribution in [0.2, 0.25) is 0 Å². The molecule has 2 aliphatic carbocycles. The number of carbonyl (C=O) groups excluding carboxylic acids is 1. The second-order valence-electron chi connectivity index (χ2n) is 13.9. The minimum atomic E-state index is -0.849. The van der Waals surface area contributed by atoms with Gasteiger partial charge in [0.05, 0.1) is 40.4 Å². The van der Waals surface area contributed by atoms with Gasteiger partial charge in [-0.15, -0.1) is 4.58 Å². The van der Waals surface area contributed by atoms with Crippen molar-refractivity contribution < 1.29 is 39.8 Å². The van der Waals surface area contributed by atoms with Gasteiger partial charge in [-0.2, -0.15) is 0 Å². The molecule has 2 aliphatic heterocycles. The summed E-state index contributed by atoms with van der Waals surface area (Å²) < 4.78 is 14.2. The molecule has 0 bridgehead atoms. The number of anilines is 3. The minimum Gasteiger partial charge on any atom is -0.871 e. The lowest BCUT2D eigenvalue weighted by Gasteiger charge is -2.35. The predicted molar refractivity (Wildman–Crippen MR) is 203 cm³/mol. The molecule has 0 unspecified atom stereocenters. The Morgan fingerprint density at radius 1 is 0.574 bits per heavy atom. The zero-order chi connectivity index (χ0) is 37.7. The molecule has 5 aromatic rings. The molecule has 10 heteroatoms. The van der Waals surface area contributed by atoms with Crippen LogP contribution in [0.4, 0.5) is 28.4 Å². The van der Waals surface area contributed by atoms with E-state index in [1.165, 1.54) is 24.3 Å². The number of ether oxygens (including phenoxy) is 2. The number of phenolic OH excluding ortho intramolecular Hbond substituents is 2. The SMILES string of the molecule is Cc1ccc2c(c1)Oc1cc(C)ccc1N2c1cc(O)c(C2=C([O-])C(=C3C(O)=CC(=[N+]4c5ccc(C)cc5Oc5cc(C)ccc54)C=C3O)C2=O)c(O)c1. The summed E-state index contributed by atoms with van der Waals surface area (Å²) in [6, 6.07) is 25.4. The van der Waals surface area contributed by atoms with Gasteiger partial charge < -0.3 is 39.9 Å². The van der Waals surface area contributed by atoms with E-state index in [-0.39, 0.29) is 11.1 Å². The largest absolute Gasteiger partial charge is 0.871 e. The Morgan fingerprint density at radius 2 is 1.02 bits per heavy atom. The molecule has 0 atom stereocenters. The Kier molecular flexibility index (Phi) is 7.06. The number of allylic oxidation sites excluding steroid dienone is 4. The fraction of sp³-hybridized carbons (Fsp3) is 0.0909. The minimum absolute atomic E-state index is 0.346. The standard InChI is InChI=1S/C44H32N2O8/c1-21-5-9-27-35(13-21)53-36-14-22(2)6-10-28(36)45(27)25-17-31(47)39(32(48)18-25)41-43(51)42(44(41)52)40-33(49)19-26(20-34(40)50)46-29-11-7-23(3)15-37(29)54-38-16-24(4)8-12-30(38)46/h5-20H,1-4H3,(H4,47,48,49,50,51,52). The molecule has 4 aliphatic rings. The highest BCUT2D eigenvalue weighted by molar-refractivity contribution is 6.40. The van der Waals surface area contributed by atoms with Gasteiger partial charge in [0.15, 0.2) is 28.8 Å². The Morgan fingerprint density at radius 3 is 1.50 bits per heavy atom. The number of carbonyl (C=O) groups is 1. The first-order chi connectivity index (χ1) is 25.9. The number of hydrogen-bond acceptors (Lipinski definition) is 9. The first-order valence-electron chi connectivity index (χ1n) is 17.2. The fourth-order valence-electron chi connectivity index (χ4n) is 7.42. The number of rotatable bonds is 2. The lowest BCUT2D eigenvalue weighted by molar-refractivity contribution is -0.297. The van der Waals surface area contributed by atoms with Crippen LogP contribution in [0.3, 0.4) is 0 Å². The van der Waals surface area contributed by atoms with Crippen molar-refractivity contribution in [2.24, 2.45) is 0 Å². The molecule has 0 radical (unpaired) electrons. The predicted octanol–water partition coefficient (Wildman–Crippen LogP) is 8.84. The molecule has 10 nitrogen and oxygen atoms in total. The number of hydrogen-bond donors (Lipinski definition) is 4. The van der Waals surface area contributed by atoms with E-state index in [0.29, 0.717) is 57.1 Å². The second kappa shape index (κ2) is 11.7. The van der Waals surface area contributed by atoms with Gasteiger partial charge in [0.1, 0.15) is 23.0 Å². The molecular weight excluding hydrogens is 684 g/mol. The van der Waals surface area contributed by atoms with Crippen LogP contribution in [-0.4, -0.2) is 31.9 Å². The second-order valence-corrected chi connectivity index (χ2v) is 13.9. The molecule has 0 fully saturated rings. The summed E-state index contributed by atoms with van der Waals surface area (Å²) in [5, 5.41) is 59.1. The van der Waals surface area contributed by atoms with Crippen molar-refractivity contribution >= 4 is 45.5 Å². The summed E-state index contributed by atoms with van der Waals surface area (Å²) in [6.07, 6.45) is 2.73. The van der Waals surface area contributed by atoms with Gasteiger partial charge in [-0.05, 0) is 86.3 Å². The van der Waals surface area contributed by atoms with Crippen LogP contribution in [-0.2, 0) is 4.79 Å². The maximum Gasteiger partial charge on any atom is 0.254 e. The van der Waals surface area contributed by atoms with Crippen molar-refractivity contribution in [1.82, 2.24) is 4.58 Å². The highest BCUT2D eigenvalue weighted by Crippen LogP contribution is 2.54. The van der Waals surface area contributed by atoms with Gasteiger partial charge >= 0.3 is 0 Å². The molecule has 266 valence electrons. The number of aromatic hydroxyl groups is 2. The number of nitrogens with zero attached hydrogens (tertiary/aromatic N) is 2. The third kappa shape index (κ3) is 4.87. The van der Waals surface area contributed by atoms with Crippen LogP contribution in [0.25, 0.3) is 5.57 Å². The molecule has 9 rings (SSSR count). The van der Waals surface area contributed by atoms with E-state index < -0.39 is 45.7 Å². The quantitative estimate of drug-likeness (QED) is 0.102. The van der Waals surface area contributed by atoms with Gasteiger partial charge in [-0.1, -0.05) is 30.0 Å². The number of aryl methyl sites for hydroxylation is 4. The van der Waals surface area contributed by atoms with Crippen molar-refractivity contribution in [3.63, 3.8) is 0 Å². The van der Waals surface area contributed by atoms with Crippen LogP contribution in [0.15, 0.2) is 126 Å². The lowest BCUT2D eigenvalue weighted by atomic mass is 9.78. The van der Waals surface area contributed by atoms with E-state index in [1.54, 1.807) is 0 Å². The summed E-state index contributed by atoms with van der Waals surface area (Å²) in [6.45, 7) is 7.77. The van der Waals surface area contributed by atoms with Crippen LogP contribution >= 0.6 is 0 Å². The summed E-state index contributed by atoms with van der Waals surface area (Å²) in [7, 11) is 0. The normalized spacial score (nSPS) is 15.7. The zero-order valence-electron chi connectivity index (χ0n) is 29.6. The fourth-order valence-corrected chi connectivity index (χ4v) is 7.42. The van der Waals surface area contributed by atoms with E-state index >= 15 is 0 Å². The third-order valence-corrected chi connectivity index (χ3v) is 9.95. The lowest BCUT2D eigenvalue weighted by Crippen LogP contribution is -2.32. The van der Waals surface area contributed by atoms with Gasteiger partial charge in [0.25, 0.3) is 11.4 Å². The van der Waals surface area contributed by atoms with Crippen LogP contribution in [0.1, 0.15) is 27.8 Å². The molecule has 54 heavy (non-hydrogen) atoms. The van der Waals surface area contributed by atoms with Crippen LogP contribution in [0, 0.1) is 27.7 Å². The number of fused-ring (bicyclic) bond motifs is 4. The highest BCUT2D eigenvalue weighted by Gasteiger charge is 2.40. The van der Waals surface area contributed by atoms with Crippen LogP contribution in [0.5, 0.6) is 34.5 Å².